The van der Waals surface area contributed by atoms with E-state index in [1.54, 1.807) is 37.3 Å². The number of hydrogen-bond donors (Lipinski definition) is 2. The minimum Gasteiger partial charge on any atom is -0.462 e. The van der Waals surface area contributed by atoms with Crippen LogP contribution in [0.25, 0.3) is 0 Å². The normalized spacial score (nSPS) is 10.2. The van der Waals surface area contributed by atoms with Gasteiger partial charge in [-0.05, 0) is 37.3 Å². The Kier molecular flexibility index (Phi) is 4.80. The average molecular weight is 353 g/mol. The first-order valence-electron chi connectivity index (χ1n) is 6.30. The third kappa shape index (κ3) is 3.52. The van der Waals surface area contributed by atoms with E-state index in [-0.39, 0.29) is 17.9 Å². The van der Waals surface area contributed by atoms with Crippen LogP contribution in [-0.4, -0.2) is 12.6 Å². The molecule has 0 atom stereocenters. The fourth-order valence-electron chi connectivity index (χ4n) is 1.81. The molecule has 0 spiro atoms. The number of nitrogens with one attached hydrogen (secondary N) is 1. The molecule has 2 aromatic carbocycles. The largest absolute Gasteiger partial charge is 0.462 e. The molecular formula is C15H14BrFN2O2. The van der Waals surface area contributed by atoms with E-state index in [1.807, 2.05) is 0 Å². The molecule has 21 heavy (non-hydrogen) atoms. The van der Waals surface area contributed by atoms with Gasteiger partial charge in [-0.25, -0.2) is 9.18 Å². The first kappa shape index (κ1) is 15.3. The number of nitrogens with two attached hydrogens (primary N) is 1. The SMILES string of the molecule is CCOC(=O)c1cccc(N)c1Nc1ccc(Br)cc1F. The number of rotatable bonds is 4. The van der Waals surface area contributed by atoms with Gasteiger partial charge in [0.1, 0.15) is 5.82 Å². The van der Waals surface area contributed by atoms with Gasteiger partial charge in [-0.2, -0.15) is 0 Å². The molecule has 0 heterocycles. The number of ether oxygens (including phenoxy) is 1. The Bertz CT molecular complexity index is 677. The average Bonchev–Trinajstić information content (AvgIpc) is 2.43. The van der Waals surface area contributed by atoms with E-state index in [2.05, 4.69) is 21.2 Å². The van der Waals surface area contributed by atoms with Gasteiger partial charge in [-0.15, -0.1) is 0 Å². The first-order valence-corrected chi connectivity index (χ1v) is 7.10. The molecule has 2 aromatic rings. The summed E-state index contributed by atoms with van der Waals surface area (Å²) in [6.45, 7) is 1.96. The lowest BCUT2D eigenvalue weighted by atomic mass is 10.1. The fourth-order valence-corrected chi connectivity index (χ4v) is 2.15. The molecule has 0 bridgehead atoms. The molecule has 6 heteroatoms. The Morgan fingerprint density at radius 3 is 2.81 bits per heavy atom. The maximum atomic E-state index is 13.9. The second-order valence-electron chi connectivity index (χ2n) is 4.24. The molecular weight excluding hydrogens is 339 g/mol. The predicted molar refractivity (Wildman–Crippen MR) is 84.2 cm³/mol. The van der Waals surface area contributed by atoms with E-state index in [1.165, 1.54) is 6.07 Å². The molecule has 0 saturated heterocycles. The predicted octanol–water partition coefficient (Wildman–Crippen LogP) is 4.09. The maximum Gasteiger partial charge on any atom is 0.340 e. The monoisotopic (exact) mass is 352 g/mol. The molecule has 0 amide bonds. The van der Waals surface area contributed by atoms with Crippen LogP contribution in [0, 0.1) is 5.82 Å². The Morgan fingerprint density at radius 1 is 1.38 bits per heavy atom. The second kappa shape index (κ2) is 6.58. The number of benzene rings is 2. The number of esters is 1. The highest BCUT2D eigenvalue weighted by molar-refractivity contribution is 9.10. The van der Waals surface area contributed by atoms with Gasteiger partial charge in [0.05, 0.1) is 29.2 Å². The van der Waals surface area contributed by atoms with Crippen molar-refractivity contribution in [1.29, 1.82) is 0 Å². The minimum absolute atomic E-state index is 0.224. The van der Waals surface area contributed by atoms with Crippen LogP contribution in [0.2, 0.25) is 0 Å². The van der Waals surface area contributed by atoms with Crippen molar-refractivity contribution in [2.75, 3.05) is 17.7 Å². The number of carbonyl (C=O) groups excluding carboxylic acids is 1. The molecule has 2 rings (SSSR count). The van der Waals surface area contributed by atoms with Crippen LogP contribution < -0.4 is 11.1 Å². The van der Waals surface area contributed by atoms with Gasteiger partial charge < -0.3 is 15.8 Å². The summed E-state index contributed by atoms with van der Waals surface area (Å²) in [4.78, 5) is 11.9. The quantitative estimate of drug-likeness (QED) is 0.642. The highest BCUT2D eigenvalue weighted by atomic mass is 79.9. The van der Waals surface area contributed by atoms with Crippen molar-refractivity contribution >= 4 is 39.0 Å². The number of halogens is 2. The zero-order valence-electron chi connectivity index (χ0n) is 11.3. The zero-order valence-corrected chi connectivity index (χ0v) is 12.9. The van der Waals surface area contributed by atoms with Crippen LogP contribution in [0.4, 0.5) is 21.5 Å². The number of hydrogen-bond acceptors (Lipinski definition) is 4. The molecule has 0 aliphatic heterocycles. The van der Waals surface area contributed by atoms with Crippen molar-refractivity contribution < 1.29 is 13.9 Å². The lowest BCUT2D eigenvalue weighted by Gasteiger charge is -2.14. The zero-order chi connectivity index (χ0) is 15.4. The summed E-state index contributed by atoms with van der Waals surface area (Å²) < 4.78 is 19.5. The van der Waals surface area contributed by atoms with E-state index in [9.17, 15) is 9.18 Å². The summed E-state index contributed by atoms with van der Waals surface area (Å²) in [6, 6.07) is 9.42. The number of para-hydroxylation sites is 1. The molecule has 0 aliphatic rings. The highest BCUT2D eigenvalue weighted by Gasteiger charge is 2.16. The van der Waals surface area contributed by atoms with Crippen LogP contribution in [0.3, 0.4) is 0 Å². The van der Waals surface area contributed by atoms with Gasteiger partial charge in [0, 0.05) is 4.47 Å². The first-order chi connectivity index (χ1) is 10.0. The molecule has 3 N–H and O–H groups in total. The number of nitrogen functional groups attached to an aromatic ring is 1. The van der Waals surface area contributed by atoms with Crippen molar-refractivity contribution in [3.05, 3.63) is 52.3 Å². The van der Waals surface area contributed by atoms with E-state index < -0.39 is 11.8 Å². The molecule has 0 aromatic heterocycles. The molecule has 0 saturated carbocycles. The summed E-state index contributed by atoms with van der Waals surface area (Å²) in [5, 5.41) is 2.85. The summed E-state index contributed by atoms with van der Waals surface area (Å²) in [5.41, 5.74) is 7.03. The van der Waals surface area contributed by atoms with Crippen LogP contribution in [0.15, 0.2) is 40.9 Å². The van der Waals surface area contributed by atoms with Crippen LogP contribution in [0.1, 0.15) is 17.3 Å². The smallest absolute Gasteiger partial charge is 0.340 e. The van der Waals surface area contributed by atoms with E-state index >= 15 is 0 Å². The second-order valence-corrected chi connectivity index (χ2v) is 5.16. The molecule has 0 fully saturated rings. The lowest BCUT2D eigenvalue weighted by Crippen LogP contribution is -2.10. The maximum absolute atomic E-state index is 13.9. The summed E-state index contributed by atoms with van der Waals surface area (Å²) in [7, 11) is 0. The van der Waals surface area contributed by atoms with Crippen molar-refractivity contribution in [3.8, 4) is 0 Å². The summed E-state index contributed by atoms with van der Waals surface area (Å²) in [6.07, 6.45) is 0. The van der Waals surface area contributed by atoms with Crippen LogP contribution in [0.5, 0.6) is 0 Å². The molecule has 0 aliphatic carbocycles. The molecule has 4 nitrogen and oxygen atoms in total. The van der Waals surface area contributed by atoms with Gasteiger partial charge in [0.25, 0.3) is 0 Å². The Hall–Kier alpha value is -2.08. The number of anilines is 3. The molecule has 110 valence electrons. The Balaban J connectivity index is 2.41. The molecule has 0 radical (unpaired) electrons. The van der Waals surface area contributed by atoms with Crippen LogP contribution in [-0.2, 0) is 4.74 Å². The lowest BCUT2D eigenvalue weighted by molar-refractivity contribution is 0.0527. The van der Waals surface area contributed by atoms with Crippen LogP contribution >= 0.6 is 15.9 Å². The third-order valence-corrected chi connectivity index (χ3v) is 3.28. The van der Waals surface area contributed by atoms with E-state index in [0.717, 1.165) is 0 Å². The number of carbonyl (C=O) groups is 1. The summed E-state index contributed by atoms with van der Waals surface area (Å²) in [5.74, 6) is -0.966. The van der Waals surface area contributed by atoms with E-state index in [0.29, 0.717) is 15.8 Å². The highest BCUT2D eigenvalue weighted by Crippen LogP contribution is 2.30. The fraction of sp³-hybridized carbons (Fsp3) is 0.133. The Morgan fingerprint density at radius 2 is 2.14 bits per heavy atom. The van der Waals surface area contributed by atoms with Crippen molar-refractivity contribution in [2.45, 2.75) is 6.92 Å². The van der Waals surface area contributed by atoms with Crippen molar-refractivity contribution in [3.63, 3.8) is 0 Å². The topological polar surface area (TPSA) is 64.3 Å². The van der Waals surface area contributed by atoms with Crippen molar-refractivity contribution in [1.82, 2.24) is 0 Å². The van der Waals surface area contributed by atoms with E-state index in [4.69, 9.17) is 10.5 Å². The van der Waals surface area contributed by atoms with Gasteiger partial charge >= 0.3 is 5.97 Å². The van der Waals surface area contributed by atoms with Crippen molar-refractivity contribution in [2.24, 2.45) is 0 Å². The van der Waals surface area contributed by atoms with Gasteiger partial charge in [-0.1, -0.05) is 22.0 Å². The Labute approximate surface area is 130 Å². The van der Waals surface area contributed by atoms with Gasteiger partial charge in [-0.3, -0.25) is 0 Å². The van der Waals surface area contributed by atoms with Gasteiger partial charge in [0.2, 0.25) is 0 Å². The minimum atomic E-state index is -0.509. The molecule has 0 unspecified atom stereocenters. The summed E-state index contributed by atoms with van der Waals surface area (Å²) >= 11 is 3.19. The standard InChI is InChI=1S/C15H14BrFN2O2/c1-2-21-15(20)10-4-3-5-12(18)14(10)19-13-7-6-9(16)8-11(13)17/h3-8,19H,2,18H2,1H3. The van der Waals surface area contributed by atoms with Gasteiger partial charge in [0.15, 0.2) is 0 Å². The third-order valence-electron chi connectivity index (χ3n) is 2.78.